The van der Waals surface area contributed by atoms with Crippen molar-refractivity contribution in [2.45, 2.75) is 123 Å². The second kappa shape index (κ2) is 17.9. The van der Waals surface area contributed by atoms with Gasteiger partial charge in [0.2, 0.25) is 0 Å². The normalized spacial score (nSPS) is 12.0. The zero-order chi connectivity index (χ0) is 17.9. The first-order valence-corrected chi connectivity index (χ1v) is 13.3. The van der Waals surface area contributed by atoms with Crippen molar-refractivity contribution in [2.75, 3.05) is 13.2 Å². The lowest BCUT2D eigenvalue weighted by atomic mass is 10.1. The third kappa shape index (κ3) is 13.4. The minimum atomic E-state index is -1.90. The van der Waals surface area contributed by atoms with Gasteiger partial charge in [0.05, 0.1) is 0 Å². The maximum absolute atomic E-state index is 6.32. The Kier molecular flexibility index (Phi) is 18.0. The molecule has 0 unspecified atom stereocenters. The van der Waals surface area contributed by atoms with E-state index in [-0.39, 0.29) is 0 Å². The van der Waals surface area contributed by atoms with Gasteiger partial charge in [0.1, 0.15) is 0 Å². The van der Waals surface area contributed by atoms with E-state index in [4.69, 9.17) is 8.85 Å². The van der Waals surface area contributed by atoms with Gasteiger partial charge < -0.3 is 8.85 Å². The fraction of sp³-hybridized carbons (Fsp3) is 1.00. The average molecular weight is 359 g/mol. The van der Waals surface area contributed by atoms with Gasteiger partial charge in [0, 0.05) is 13.2 Å². The second-order valence-electron chi connectivity index (χ2n) is 7.20. The van der Waals surface area contributed by atoms with Crippen molar-refractivity contribution in [1.29, 1.82) is 0 Å². The molecule has 0 aromatic heterocycles. The molecule has 146 valence electrons. The highest BCUT2D eigenvalue weighted by atomic mass is 28.4. The van der Waals surface area contributed by atoms with Crippen molar-refractivity contribution in [1.82, 2.24) is 0 Å². The zero-order valence-electron chi connectivity index (χ0n) is 17.3. The van der Waals surface area contributed by atoms with Crippen LogP contribution < -0.4 is 0 Å². The first kappa shape index (κ1) is 24.1. The van der Waals surface area contributed by atoms with E-state index in [9.17, 15) is 0 Å². The molecule has 0 heterocycles. The molecule has 0 bridgehead atoms. The van der Waals surface area contributed by atoms with Gasteiger partial charge in [-0.05, 0) is 24.9 Å². The smallest absolute Gasteiger partial charge is 0.337 e. The van der Waals surface area contributed by atoms with E-state index in [1.165, 1.54) is 83.5 Å². The van der Waals surface area contributed by atoms with Gasteiger partial charge in [0.25, 0.3) is 0 Å². The monoisotopic (exact) mass is 358 g/mol. The first-order valence-electron chi connectivity index (χ1n) is 11.0. The van der Waals surface area contributed by atoms with E-state index in [2.05, 4.69) is 27.7 Å². The maximum Gasteiger partial charge on any atom is 0.337 e. The largest absolute Gasteiger partial charge is 0.394 e. The molecule has 0 aromatic carbocycles. The van der Waals surface area contributed by atoms with Crippen LogP contribution in [0, 0.1) is 0 Å². The predicted octanol–water partition coefficient (Wildman–Crippen LogP) is 7.61. The van der Waals surface area contributed by atoms with Crippen molar-refractivity contribution in [3.8, 4) is 0 Å². The Morgan fingerprint density at radius 3 is 1.12 bits per heavy atom. The molecule has 0 aliphatic rings. The van der Waals surface area contributed by atoms with Crippen LogP contribution in [0.2, 0.25) is 12.1 Å². The molecule has 0 aliphatic heterocycles. The molecular weight excluding hydrogens is 312 g/mol. The summed E-state index contributed by atoms with van der Waals surface area (Å²) in [5, 5.41) is 0. The summed E-state index contributed by atoms with van der Waals surface area (Å²) >= 11 is 0. The standard InChI is InChI=1S/C21H46O2Si/c1-5-9-11-13-15-17-19-21-23-24(7-3,8-4)22-20-18-16-14-12-10-6-2/h5-21H2,1-4H3. The summed E-state index contributed by atoms with van der Waals surface area (Å²) in [5.74, 6) is 0. The second-order valence-corrected chi connectivity index (χ2v) is 11.0. The van der Waals surface area contributed by atoms with Gasteiger partial charge in [-0.2, -0.15) is 0 Å². The summed E-state index contributed by atoms with van der Waals surface area (Å²) in [7, 11) is -1.90. The third-order valence-electron chi connectivity index (χ3n) is 5.05. The van der Waals surface area contributed by atoms with E-state index >= 15 is 0 Å². The summed E-state index contributed by atoms with van der Waals surface area (Å²) in [6, 6.07) is 2.19. The highest BCUT2D eigenvalue weighted by Gasteiger charge is 2.33. The van der Waals surface area contributed by atoms with Crippen molar-refractivity contribution < 1.29 is 8.85 Å². The van der Waals surface area contributed by atoms with Crippen LogP contribution in [0.5, 0.6) is 0 Å². The summed E-state index contributed by atoms with van der Waals surface area (Å²) < 4.78 is 12.6. The third-order valence-corrected chi connectivity index (χ3v) is 8.67. The summed E-state index contributed by atoms with van der Waals surface area (Å²) in [6.07, 6.45) is 17.4. The van der Waals surface area contributed by atoms with Gasteiger partial charge >= 0.3 is 8.56 Å². The van der Waals surface area contributed by atoms with E-state index in [1.807, 2.05) is 0 Å². The number of hydrogen-bond donors (Lipinski definition) is 0. The van der Waals surface area contributed by atoms with E-state index in [0.717, 1.165) is 25.3 Å². The molecule has 3 heteroatoms. The van der Waals surface area contributed by atoms with Gasteiger partial charge in [-0.15, -0.1) is 0 Å². The van der Waals surface area contributed by atoms with E-state index in [1.54, 1.807) is 0 Å². The fourth-order valence-electron chi connectivity index (χ4n) is 3.16. The highest BCUT2D eigenvalue weighted by Crippen LogP contribution is 2.20. The first-order chi connectivity index (χ1) is 11.7. The number of rotatable bonds is 19. The summed E-state index contributed by atoms with van der Waals surface area (Å²) in [6.45, 7) is 10.9. The maximum atomic E-state index is 6.32. The lowest BCUT2D eigenvalue weighted by molar-refractivity contribution is 0.163. The van der Waals surface area contributed by atoms with Crippen LogP contribution in [0.1, 0.15) is 111 Å². The molecule has 2 nitrogen and oxygen atoms in total. The molecule has 0 aromatic rings. The molecule has 0 spiro atoms. The van der Waals surface area contributed by atoms with E-state index < -0.39 is 8.56 Å². The van der Waals surface area contributed by atoms with Crippen molar-refractivity contribution in [3.05, 3.63) is 0 Å². The number of unbranched alkanes of at least 4 members (excludes halogenated alkanes) is 11. The molecular formula is C21H46O2Si. The molecule has 0 N–H and O–H groups in total. The molecule has 0 amide bonds. The van der Waals surface area contributed by atoms with Crippen molar-refractivity contribution in [2.24, 2.45) is 0 Å². The van der Waals surface area contributed by atoms with Crippen LogP contribution in [0.3, 0.4) is 0 Å². The Hall–Kier alpha value is 0.137. The van der Waals surface area contributed by atoms with Crippen LogP contribution in [-0.4, -0.2) is 21.8 Å². The summed E-state index contributed by atoms with van der Waals surface area (Å²) in [4.78, 5) is 0. The van der Waals surface area contributed by atoms with Crippen molar-refractivity contribution in [3.63, 3.8) is 0 Å². The van der Waals surface area contributed by atoms with Gasteiger partial charge in [-0.3, -0.25) is 0 Å². The zero-order valence-corrected chi connectivity index (χ0v) is 18.3. The Balaban J connectivity index is 3.72. The van der Waals surface area contributed by atoms with Crippen LogP contribution in [0.4, 0.5) is 0 Å². The Labute approximate surface area is 154 Å². The Morgan fingerprint density at radius 1 is 0.458 bits per heavy atom. The minimum absolute atomic E-state index is 0.914. The molecule has 24 heavy (non-hydrogen) atoms. The van der Waals surface area contributed by atoms with E-state index in [0.29, 0.717) is 0 Å². The topological polar surface area (TPSA) is 18.5 Å². The molecule has 0 fully saturated rings. The van der Waals surface area contributed by atoms with Crippen LogP contribution >= 0.6 is 0 Å². The van der Waals surface area contributed by atoms with Crippen LogP contribution in [0.25, 0.3) is 0 Å². The lowest BCUT2D eigenvalue weighted by Crippen LogP contribution is -2.41. The highest BCUT2D eigenvalue weighted by molar-refractivity contribution is 6.67. The van der Waals surface area contributed by atoms with Crippen molar-refractivity contribution >= 4 is 8.56 Å². The fourth-order valence-corrected chi connectivity index (χ4v) is 5.59. The quantitative estimate of drug-likeness (QED) is 0.175. The van der Waals surface area contributed by atoms with Crippen LogP contribution in [0.15, 0.2) is 0 Å². The SMILES string of the molecule is CCCCCCCCCO[Si](CC)(CC)OCCCCCCCC. The van der Waals surface area contributed by atoms with Crippen LogP contribution in [-0.2, 0) is 8.85 Å². The Morgan fingerprint density at radius 2 is 0.792 bits per heavy atom. The number of hydrogen-bond acceptors (Lipinski definition) is 2. The lowest BCUT2D eigenvalue weighted by Gasteiger charge is -2.29. The summed E-state index contributed by atoms with van der Waals surface area (Å²) in [5.41, 5.74) is 0. The predicted molar refractivity (Wildman–Crippen MR) is 110 cm³/mol. The van der Waals surface area contributed by atoms with Gasteiger partial charge in [-0.1, -0.05) is 98.3 Å². The molecule has 0 saturated carbocycles. The van der Waals surface area contributed by atoms with Gasteiger partial charge in [-0.25, -0.2) is 0 Å². The average Bonchev–Trinajstić information content (AvgIpc) is 2.61. The molecule has 0 atom stereocenters. The molecule has 0 saturated heterocycles. The Bertz CT molecular complexity index is 242. The molecule has 0 aliphatic carbocycles. The van der Waals surface area contributed by atoms with Gasteiger partial charge in [0.15, 0.2) is 0 Å². The molecule has 0 radical (unpaired) electrons. The molecule has 0 rings (SSSR count). The minimum Gasteiger partial charge on any atom is -0.394 e.